The van der Waals surface area contributed by atoms with E-state index in [1.54, 1.807) is 0 Å². The summed E-state index contributed by atoms with van der Waals surface area (Å²) in [6.07, 6.45) is -4.12. The lowest BCUT2D eigenvalue weighted by molar-refractivity contribution is -0.140. The second-order valence-corrected chi connectivity index (χ2v) is 3.61. The first-order valence-electron chi connectivity index (χ1n) is 5.10. The summed E-state index contributed by atoms with van der Waals surface area (Å²) in [4.78, 5) is 21.5. The highest BCUT2D eigenvalue weighted by Gasteiger charge is 2.33. The van der Waals surface area contributed by atoms with E-state index in [0.717, 1.165) is 12.1 Å². The van der Waals surface area contributed by atoms with Crippen molar-refractivity contribution in [3.05, 3.63) is 34.9 Å². The quantitative estimate of drug-likeness (QED) is 0.617. The van der Waals surface area contributed by atoms with E-state index >= 15 is 0 Å². The number of rotatable bonds is 4. The summed E-state index contributed by atoms with van der Waals surface area (Å²) in [5.74, 6) is -0.456. The maximum Gasteiger partial charge on any atom is 0.417 e. The molecule has 1 aromatic rings. The molecule has 0 aliphatic rings. The molecule has 98 valence electrons. The number of benzene rings is 1. The van der Waals surface area contributed by atoms with Crippen molar-refractivity contribution in [2.75, 3.05) is 7.11 Å². The Balaban J connectivity index is 2.92. The van der Waals surface area contributed by atoms with Crippen LogP contribution in [-0.4, -0.2) is 19.4 Å². The van der Waals surface area contributed by atoms with Gasteiger partial charge in [-0.25, -0.2) is 0 Å². The molecule has 18 heavy (non-hydrogen) atoms. The van der Waals surface area contributed by atoms with Crippen LogP contribution in [0.4, 0.5) is 13.2 Å². The second kappa shape index (κ2) is 5.66. The standard InChI is InChI=1S/C12H11F3O3/c1-18-11(17)5-3-8-2-4-10(12(13,14)15)9(6-8)7-16/h2,4,6-7H,3,5H2,1H3. The van der Waals surface area contributed by atoms with Gasteiger partial charge in [-0.3, -0.25) is 9.59 Å². The Labute approximate surface area is 102 Å². The summed E-state index contributed by atoms with van der Waals surface area (Å²) in [6, 6.07) is 3.23. The zero-order valence-electron chi connectivity index (χ0n) is 9.58. The Morgan fingerprint density at radius 3 is 2.56 bits per heavy atom. The van der Waals surface area contributed by atoms with Gasteiger partial charge >= 0.3 is 12.1 Å². The van der Waals surface area contributed by atoms with Gasteiger partial charge in [-0.15, -0.1) is 0 Å². The third kappa shape index (κ3) is 3.58. The molecular weight excluding hydrogens is 249 g/mol. The molecule has 0 fully saturated rings. The van der Waals surface area contributed by atoms with Gasteiger partial charge in [0, 0.05) is 12.0 Å². The number of carbonyl (C=O) groups is 2. The van der Waals surface area contributed by atoms with Crippen LogP contribution in [0.3, 0.4) is 0 Å². The van der Waals surface area contributed by atoms with E-state index in [-0.39, 0.29) is 19.1 Å². The summed E-state index contributed by atoms with van der Waals surface area (Å²) in [5.41, 5.74) is -0.917. The smallest absolute Gasteiger partial charge is 0.417 e. The Bertz CT molecular complexity index is 452. The first kappa shape index (κ1) is 14.2. The van der Waals surface area contributed by atoms with E-state index in [9.17, 15) is 22.8 Å². The van der Waals surface area contributed by atoms with Crippen molar-refractivity contribution in [2.24, 2.45) is 0 Å². The zero-order valence-corrected chi connectivity index (χ0v) is 9.58. The summed E-state index contributed by atoms with van der Waals surface area (Å²) in [7, 11) is 1.23. The molecule has 0 N–H and O–H groups in total. The number of aryl methyl sites for hydroxylation is 1. The van der Waals surface area contributed by atoms with Crippen molar-refractivity contribution < 1.29 is 27.5 Å². The predicted octanol–water partition coefficient (Wildman–Crippen LogP) is 2.62. The third-order valence-electron chi connectivity index (χ3n) is 2.39. The van der Waals surface area contributed by atoms with E-state index < -0.39 is 23.3 Å². The van der Waals surface area contributed by atoms with E-state index in [2.05, 4.69) is 4.74 Å². The number of hydrogen-bond donors (Lipinski definition) is 0. The molecule has 0 aliphatic heterocycles. The predicted molar refractivity (Wildman–Crippen MR) is 57.2 cm³/mol. The van der Waals surface area contributed by atoms with Crippen LogP contribution in [-0.2, 0) is 22.1 Å². The Morgan fingerprint density at radius 1 is 1.39 bits per heavy atom. The molecule has 0 bridgehead atoms. The van der Waals surface area contributed by atoms with Gasteiger partial charge in [-0.05, 0) is 24.1 Å². The summed E-state index contributed by atoms with van der Waals surface area (Å²) < 4.78 is 41.9. The minimum atomic E-state index is -4.56. The normalized spacial score (nSPS) is 11.1. The number of esters is 1. The van der Waals surface area contributed by atoms with Gasteiger partial charge in [0.2, 0.25) is 0 Å². The SMILES string of the molecule is COC(=O)CCc1ccc(C(F)(F)F)c(C=O)c1. The van der Waals surface area contributed by atoms with Crippen LogP contribution < -0.4 is 0 Å². The summed E-state index contributed by atoms with van der Waals surface area (Å²) in [5, 5.41) is 0. The molecule has 0 aromatic heterocycles. The van der Waals surface area contributed by atoms with Crippen LogP contribution >= 0.6 is 0 Å². The lowest BCUT2D eigenvalue weighted by Gasteiger charge is -2.10. The highest BCUT2D eigenvalue weighted by molar-refractivity contribution is 5.78. The monoisotopic (exact) mass is 260 g/mol. The fraction of sp³-hybridized carbons (Fsp3) is 0.333. The largest absolute Gasteiger partial charge is 0.469 e. The van der Waals surface area contributed by atoms with Crippen LogP contribution in [0.2, 0.25) is 0 Å². The van der Waals surface area contributed by atoms with Crippen LogP contribution in [0.25, 0.3) is 0 Å². The summed E-state index contributed by atoms with van der Waals surface area (Å²) >= 11 is 0. The van der Waals surface area contributed by atoms with E-state index in [0.29, 0.717) is 5.56 Å². The van der Waals surface area contributed by atoms with Gasteiger partial charge in [0.1, 0.15) is 0 Å². The molecule has 6 heteroatoms. The molecule has 0 atom stereocenters. The second-order valence-electron chi connectivity index (χ2n) is 3.61. The van der Waals surface area contributed by atoms with Crippen molar-refractivity contribution in [2.45, 2.75) is 19.0 Å². The van der Waals surface area contributed by atoms with Crippen molar-refractivity contribution in [3.63, 3.8) is 0 Å². The first-order valence-corrected chi connectivity index (χ1v) is 5.10. The van der Waals surface area contributed by atoms with Crippen LogP contribution in [0.15, 0.2) is 18.2 Å². The van der Waals surface area contributed by atoms with Gasteiger partial charge in [-0.2, -0.15) is 13.2 Å². The number of alkyl halides is 3. The molecular formula is C12H11F3O3. The molecule has 0 aliphatic carbocycles. The molecule has 1 rings (SSSR count). The van der Waals surface area contributed by atoms with Gasteiger partial charge in [0.25, 0.3) is 0 Å². The Hall–Kier alpha value is -1.85. The topological polar surface area (TPSA) is 43.4 Å². The lowest BCUT2D eigenvalue weighted by Crippen LogP contribution is -2.09. The lowest BCUT2D eigenvalue weighted by atomic mass is 10.0. The molecule has 0 spiro atoms. The van der Waals surface area contributed by atoms with Gasteiger partial charge < -0.3 is 4.74 Å². The highest BCUT2D eigenvalue weighted by Crippen LogP contribution is 2.31. The Kier molecular flexibility index (Phi) is 4.47. The van der Waals surface area contributed by atoms with Gasteiger partial charge in [0.15, 0.2) is 6.29 Å². The van der Waals surface area contributed by atoms with Gasteiger partial charge in [-0.1, -0.05) is 6.07 Å². The maximum atomic E-state index is 12.5. The fourth-order valence-corrected chi connectivity index (χ4v) is 1.47. The number of carbonyl (C=O) groups excluding carboxylic acids is 2. The zero-order chi connectivity index (χ0) is 13.8. The number of methoxy groups -OCH3 is 1. The number of hydrogen-bond acceptors (Lipinski definition) is 3. The van der Waals surface area contributed by atoms with Crippen LogP contribution in [0.5, 0.6) is 0 Å². The van der Waals surface area contributed by atoms with Crippen LogP contribution in [0, 0.1) is 0 Å². The van der Waals surface area contributed by atoms with Gasteiger partial charge in [0.05, 0.1) is 12.7 Å². The molecule has 0 saturated carbocycles. The van der Waals surface area contributed by atoms with Crippen molar-refractivity contribution in [1.29, 1.82) is 0 Å². The van der Waals surface area contributed by atoms with Crippen molar-refractivity contribution >= 4 is 12.3 Å². The van der Waals surface area contributed by atoms with E-state index in [1.807, 2.05) is 0 Å². The molecule has 0 unspecified atom stereocenters. The number of halogens is 3. The number of aldehydes is 1. The minimum Gasteiger partial charge on any atom is -0.469 e. The average Bonchev–Trinajstić information content (AvgIpc) is 2.34. The fourth-order valence-electron chi connectivity index (χ4n) is 1.47. The minimum absolute atomic E-state index is 0.0557. The molecule has 0 radical (unpaired) electrons. The summed E-state index contributed by atoms with van der Waals surface area (Å²) in [6.45, 7) is 0. The molecule has 1 aromatic carbocycles. The van der Waals surface area contributed by atoms with Crippen LogP contribution in [0.1, 0.15) is 27.9 Å². The highest BCUT2D eigenvalue weighted by atomic mass is 19.4. The van der Waals surface area contributed by atoms with Crippen molar-refractivity contribution in [3.8, 4) is 0 Å². The molecule has 0 saturated heterocycles. The van der Waals surface area contributed by atoms with E-state index in [4.69, 9.17) is 0 Å². The third-order valence-corrected chi connectivity index (χ3v) is 2.39. The van der Waals surface area contributed by atoms with Crippen molar-refractivity contribution in [1.82, 2.24) is 0 Å². The molecule has 0 heterocycles. The maximum absolute atomic E-state index is 12.5. The number of ether oxygens (including phenoxy) is 1. The molecule has 0 amide bonds. The van der Waals surface area contributed by atoms with E-state index in [1.165, 1.54) is 13.2 Å². The molecule has 3 nitrogen and oxygen atoms in total. The average molecular weight is 260 g/mol. The Morgan fingerprint density at radius 2 is 2.06 bits per heavy atom. The first-order chi connectivity index (χ1) is 8.38.